The molecular formula is C22H20F3NO2. The Labute approximate surface area is 160 Å². The molecule has 1 aliphatic heterocycles. The number of carboxylic acid groups (broad SMARTS) is 1. The fourth-order valence-electron chi connectivity index (χ4n) is 6.03. The van der Waals surface area contributed by atoms with Crippen molar-refractivity contribution in [3.63, 3.8) is 0 Å². The maximum absolute atomic E-state index is 13.7. The van der Waals surface area contributed by atoms with E-state index in [0.717, 1.165) is 30.9 Å². The summed E-state index contributed by atoms with van der Waals surface area (Å²) in [6.07, 6.45) is -1.33. The second-order valence-electron chi connectivity index (χ2n) is 8.22. The normalized spacial score (nSPS) is 30.5. The van der Waals surface area contributed by atoms with E-state index in [1.165, 1.54) is 18.2 Å². The Morgan fingerprint density at radius 1 is 1.00 bits per heavy atom. The van der Waals surface area contributed by atoms with Crippen molar-refractivity contribution in [2.45, 2.75) is 37.4 Å². The minimum atomic E-state index is -4.45. The zero-order chi connectivity index (χ0) is 19.6. The van der Waals surface area contributed by atoms with Crippen LogP contribution < -0.4 is 5.32 Å². The second kappa shape index (κ2) is 6.00. The number of halogens is 3. The van der Waals surface area contributed by atoms with Crippen molar-refractivity contribution in [3.05, 3.63) is 64.7 Å². The number of benzene rings is 2. The van der Waals surface area contributed by atoms with Crippen molar-refractivity contribution in [2.24, 2.45) is 17.8 Å². The third-order valence-electron chi connectivity index (χ3n) is 6.95. The van der Waals surface area contributed by atoms with Crippen LogP contribution in [0, 0.1) is 17.8 Å². The number of anilines is 1. The molecular weight excluding hydrogens is 367 g/mol. The van der Waals surface area contributed by atoms with E-state index in [0.29, 0.717) is 17.5 Å². The summed E-state index contributed by atoms with van der Waals surface area (Å²) in [6, 6.07) is 10.4. The van der Waals surface area contributed by atoms with E-state index < -0.39 is 23.8 Å². The first-order valence-corrected chi connectivity index (χ1v) is 9.65. The number of alkyl halides is 3. The molecule has 0 spiro atoms. The third kappa shape index (κ3) is 2.46. The number of aromatic carboxylic acids is 1. The highest BCUT2D eigenvalue weighted by atomic mass is 19.4. The molecule has 146 valence electrons. The molecule has 28 heavy (non-hydrogen) atoms. The van der Waals surface area contributed by atoms with Crippen LogP contribution in [0.25, 0.3) is 0 Å². The molecule has 0 unspecified atom stereocenters. The molecule has 2 N–H and O–H groups in total. The van der Waals surface area contributed by atoms with E-state index in [2.05, 4.69) is 5.32 Å². The van der Waals surface area contributed by atoms with E-state index in [9.17, 15) is 23.1 Å². The van der Waals surface area contributed by atoms with E-state index in [-0.39, 0.29) is 23.0 Å². The Bertz CT molecular complexity index is 955. The lowest BCUT2D eigenvalue weighted by Gasteiger charge is -2.44. The summed E-state index contributed by atoms with van der Waals surface area (Å²) in [5, 5.41) is 12.9. The molecule has 3 aliphatic rings. The molecule has 2 fully saturated rings. The first kappa shape index (κ1) is 17.6. The van der Waals surface area contributed by atoms with Gasteiger partial charge in [0.05, 0.1) is 22.9 Å². The Morgan fingerprint density at radius 3 is 2.46 bits per heavy atom. The van der Waals surface area contributed by atoms with Crippen LogP contribution in [0.3, 0.4) is 0 Å². The number of hydrogen-bond donors (Lipinski definition) is 2. The topological polar surface area (TPSA) is 49.3 Å². The van der Waals surface area contributed by atoms with Gasteiger partial charge in [-0.1, -0.05) is 30.3 Å². The molecule has 5 atom stereocenters. The molecule has 2 saturated carbocycles. The molecule has 0 saturated heterocycles. The predicted molar refractivity (Wildman–Crippen MR) is 98.3 cm³/mol. The molecule has 2 aliphatic carbocycles. The second-order valence-corrected chi connectivity index (χ2v) is 8.22. The lowest BCUT2D eigenvalue weighted by molar-refractivity contribution is -0.138. The molecule has 0 radical (unpaired) electrons. The van der Waals surface area contributed by atoms with Crippen LogP contribution in [-0.2, 0) is 6.18 Å². The Morgan fingerprint density at radius 2 is 1.71 bits per heavy atom. The van der Waals surface area contributed by atoms with Crippen LogP contribution in [0.2, 0.25) is 0 Å². The number of nitrogens with one attached hydrogen (secondary N) is 1. The zero-order valence-corrected chi connectivity index (χ0v) is 15.0. The number of carbonyl (C=O) groups is 1. The summed E-state index contributed by atoms with van der Waals surface area (Å²) >= 11 is 0. The molecule has 1 heterocycles. The fraction of sp³-hybridized carbons (Fsp3) is 0.409. The molecule has 3 nitrogen and oxygen atoms in total. The average Bonchev–Trinajstić information content (AvgIpc) is 3.28. The largest absolute Gasteiger partial charge is 0.478 e. The molecule has 2 bridgehead atoms. The average molecular weight is 387 g/mol. The first-order chi connectivity index (χ1) is 13.4. The van der Waals surface area contributed by atoms with Gasteiger partial charge >= 0.3 is 12.1 Å². The molecule has 6 heteroatoms. The number of hydrogen-bond acceptors (Lipinski definition) is 2. The van der Waals surface area contributed by atoms with Crippen LogP contribution in [0.5, 0.6) is 0 Å². The van der Waals surface area contributed by atoms with E-state index in [1.54, 1.807) is 12.1 Å². The molecule has 0 amide bonds. The monoisotopic (exact) mass is 387 g/mol. The number of carboxylic acids is 1. The maximum atomic E-state index is 13.7. The summed E-state index contributed by atoms with van der Waals surface area (Å²) in [4.78, 5) is 11.8. The maximum Gasteiger partial charge on any atom is 0.416 e. The Balaban J connectivity index is 1.70. The van der Waals surface area contributed by atoms with Gasteiger partial charge in [0.2, 0.25) is 0 Å². The third-order valence-corrected chi connectivity index (χ3v) is 6.95. The van der Waals surface area contributed by atoms with Crippen LogP contribution in [-0.4, -0.2) is 11.1 Å². The van der Waals surface area contributed by atoms with Gasteiger partial charge in [-0.2, -0.15) is 13.2 Å². The van der Waals surface area contributed by atoms with Gasteiger partial charge in [0.1, 0.15) is 0 Å². The van der Waals surface area contributed by atoms with Gasteiger partial charge in [0.15, 0.2) is 0 Å². The molecule has 2 aromatic carbocycles. The van der Waals surface area contributed by atoms with E-state index in [1.807, 2.05) is 6.07 Å². The van der Waals surface area contributed by atoms with Crippen LogP contribution in [0.1, 0.15) is 58.3 Å². The van der Waals surface area contributed by atoms with Crippen molar-refractivity contribution in [1.82, 2.24) is 0 Å². The van der Waals surface area contributed by atoms with Crippen molar-refractivity contribution in [3.8, 4) is 0 Å². The number of para-hydroxylation sites is 1. The highest BCUT2D eigenvalue weighted by Crippen LogP contribution is 2.64. The Hall–Kier alpha value is -2.50. The standard InChI is InChI=1S/C22H20F3NO2/c23-22(24,25)16-7-2-1-4-13(16)20-18-12-9-8-11(10-12)17(18)14-5-3-6-15(21(27)28)19(14)26-20/h1-7,11-12,17-18,20,26H,8-10H2,(H,27,28)/t11-,12-,17+,18+,20+/m0/s1. The van der Waals surface area contributed by atoms with Crippen molar-refractivity contribution in [2.75, 3.05) is 5.32 Å². The molecule has 0 aromatic heterocycles. The van der Waals surface area contributed by atoms with Gasteiger partial charge in [0, 0.05) is 0 Å². The van der Waals surface area contributed by atoms with Crippen LogP contribution >= 0.6 is 0 Å². The number of fused-ring (bicyclic) bond motifs is 7. The smallest absolute Gasteiger partial charge is 0.416 e. The van der Waals surface area contributed by atoms with Crippen molar-refractivity contribution in [1.29, 1.82) is 0 Å². The van der Waals surface area contributed by atoms with Crippen LogP contribution in [0.4, 0.5) is 18.9 Å². The predicted octanol–water partition coefficient (Wildman–Crippen LogP) is 5.70. The zero-order valence-electron chi connectivity index (χ0n) is 15.0. The minimum absolute atomic E-state index is 0.0544. The fourth-order valence-corrected chi connectivity index (χ4v) is 6.03. The van der Waals surface area contributed by atoms with Gasteiger partial charge in [-0.25, -0.2) is 4.79 Å². The summed E-state index contributed by atoms with van der Waals surface area (Å²) in [6.45, 7) is 0. The quantitative estimate of drug-likeness (QED) is 0.695. The highest BCUT2D eigenvalue weighted by molar-refractivity contribution is 5.95. The lowest BCUT2D eigenvalue weighted by atomic mass is 9.67. The summed E-state index contributed by atoms with van der Waals surface area (Å²) in [7, 11) is 0. The number of rotatable bonds is 2. The van der Waals surface area contributed by atoms with Crippen molar-refractivity contribution >= 4 is 11.7 Å². The highest BCUT2D eigenvalue weighted by Gasteiger charge is 2.55. The molecule has 5 rings (SSSR count). The van der Waals surface area contributed by atoms with E-state index >= 15 is 0 Å². The van der Waals surface area contributed by atoms with Gasteiger partial charge < -0.3 is 10.4 Å². The Kier molecular flexibility index (Phi) is 3.77. The van der Waals surface area contributed by atoms with Crippen LogP contribution in [0.15, 0.2) is 42.5 Å². The first-order valence-electron chi connectivity index (χ1n) is 9.65. The summed E-state index contributed by atoms with van der Waals surface area (Å²) in [5.41, 5.74) is 1.17. The van der Waals surface area contributed by atoms with Crippen molar-refractivity contribution < 1.29 is 23.1 Å². The summed E-state index contributed by atoms with van der Waals surface area (Å²) < 4.78 is 41.1. The van der Waals surface area contributed by atoms with Gasteiger partial charge in [-0.3, -0.25) is 0 Å². The van der Waals surface area contributed by atoms with Gasteiger partial charge in [-0.15, -0.1) is 0 Å². The minimum Gasteiger partial charge on any atom is -0.478 e. The molecule has 2 aromatic rings. The van der Waals surface area contributed by atoms with Gasteiger partial charge in [0.25, 0.3) is 0 Å². The van der Waals surface area contributed by atoms with E-state index in [4.69, 9.17) is 0 Å². The lowest BCUT2D eigenvalue weighted by Crippen LogP contribution is -2.37. The SMILES string of the molecule is O=C(O)c1cccc2c1N[C@H](c1ccccc1C(F)(F)F)[C@@H]1[C@H]3CC[C@@H](C3)[C@H]21. The summed E-state index contributed by atoms with van der Waals surface area (Å²) in [5.74, 6) is -0.107. The van der Waals surface area contributed by atoms with Gasteiger partial charge in [-0.05, 0) is 66.2 Å².